The van der Waals surface area contributed by atoms with Gasteiger partial charge < -0.3 is 20.3 Å². The van der Waals surface area contributed by atoms with Gasteiger partial charge in [0.25, 0.3) is 5.91 Å². The molecule has 0 aromatic heterocycles. The Hall–Kier alpha value is -4.36. The van der Waals surface area contributed by atoms with Crippen molar-refractivity contribution in [3.8, 4) is 5.75 Å². The van der Waals surface area contributed by atoms with Crippen LogP contribution in [0.4, 0.5) is 11.4 Å². The smallest absolute Gasteiger partial charge is 0.251 e. The van der Waals surface area contributed by atoms with Crippen LogP contribution in [0.5, 0.6) is 5.75 Å². The number of aliphatic imine (C=N–C) groups is 2. The molecular formula is C34H36ClN5O2. The van der Waals surface area contributed by atoms with Crippen molar-refractivity contribution < 1.29 is 9.53 Å². The van der Waals surface area contributed by atoms with Crippen LogP contribution in [0.2, 0.25) is 5.02 Å². The molecule has 0 radical (unpaired) electrons. The van der Waals surface area contributed by atoms with E-state index in [-0.39, 0.29) is 11.3 Å². The molecule has 8 heteroatoms. The number of benzene rings is 4. The highest BCUT2D eigenvalue weighted by molar-refractivity contribution is 6.32. The number of nitrogens with zero attached hydrogens (tertiary/aromatic N) is 3. The molecule has 1 amide bonds. The number of nitrogens with one attached hydrogen (secondary N) is 2. The van der Waals surface area contributed by atoms with E-state index in [1.54, 1.807) is 12.1 Å². The Balaban J connectivity index is 1.44. The zero-order valence-corrected chi connectivity index (χ0v) is 24.8. The molecule has 3 aliphatic heterocycles. The van der Waals surface area contributed by atoms with E-state index < -0.39 is 0 Å². The van der Waals surface area contributed by atoms with Crippen LogP contribution in [0.15, 0.2) is 94.9 Å². The van der Waals surface area contributed by atoms with Crippen LogP contribution in [-0.2, 0) is 6.54 Å². The van der Waals surface area contributed by atoms with E-state index in [1.165, 1.54) is 16.5 Å². The summed E-state index contributed by atoms with van der Waals surface area (Å²) in [5.74, 6) is 0.910. The summed E-state index contributed by atoms with van der Waals surface area (Å²) in [5.41, 5.74) is 3.22. The topological polar surface area (TPSA) is 78.3 Å². The van der Waals surface area contributed by atoms with Gasteiger partial charge in [-0.2, -0.15) is 0 Å². The molecule has 42 heavy (non-hydrogen) atoms. The van der Waals surface area contributed by atoms with Gasteiger partial charge in [-0.05, 0) is 72.0 Å². The fourth-order valence-electron chi connectivity index (χ4n) is 5.09. The quantitative estimate of drug-likeness (QED) is 0.233. The molecule has 4 aromatic rings. The Morgan fingerprint density at radius 3 is 2.60 bits per heavy atom. The number of halogens is 1. The average Bonchev–Trinajstić information content (AvgIpc) is 3.00. The molecule has 7 rings (SSSR count). The highest BCUT2D eigenvalue weighted by Gasteiger charge is 2.24. The van der Waals surface area contributed by atoms with Gasteiger partial charge in [-0.3, -0.25) is 4.79 Å². The normalized spacial score (nSPS) is 16.4. The Bertz CT molecular complexity index is 1590. The number of ether oxygens (including phenoxy) is 1. The number of carbonyl (C=O) groups excluding carboxylic acids is 1. The highest BCUT2D eigenvalue weighted by atomic mass is 35.5. The van der Waals surface area contributed by atoms with Gasteiger partial charge in [0.15, 0.2) is 0 Å². The van der Waals surface area contributed by atoms with Crippen LogP contribution < -0.4 is 20.3 Å². The van der Waals surface area contributed by atoms with Gasteiger partial charge >= 0.3 is 0 Å². The minimum Gasteiger partial charge on any atom is -0.492 e. The van der Waals surface area contributed by atoms with E-state index in [1.807, 2.05) is 30.3 Å². The third-order valence-corrected chi connectivity index (χ3v) is 7.54. The van der Waals surface area contributed by atoms with Crippen LogP contribution in [-0.4, -0.2) is 44.8 Å². The standard InChI is InChI=1S/C34H36ClN5O2/c1-34(2)22-38-32(41)26-13-15-27(16-14-26)39-33(36-3)37-21-24-12-17-31(29(35)20-24)42-19-7-18-40(23-34)30-11-6-9-25-8-4-5-10-28(25)30/h4-6,8-17,20H,3,7,18-19,21-23H2,1-2H3,(H,37,39)(H,38,41). The van der Waals surface area contributed by atoms with Crippen LogP contribution in [0, 0.1) is 5.41 Å². The van der Waals surface area contributed by atoms with E-state index in [2.05, 4.69) is 88.5 Å². The van der Waals surface area contributed by atoms with E-state index in [4.69, 9.17) is 16.3 Å². The molecule has 0 saturated heterocycles. The van der Waals surface area contributed by atoms with Crippen molar-refractivity contribution in [3.63, 3.8) is 0 Å². The molecule has 0 unspecified atom stereocenters. The highest BCUT2D eigenvalue weighted by Crippen LogP contribution is 2.30. The molecule has 0 atom stereocenters. The van der Waals surface area contributed by atoms with Gasteiger partial charge in [0.1, 0.15) is 5.75 Å². The van der Waals surface area contributed by atoms with E-state index in [0.717, 1.165) is 30.8 Å². The number of guanidine groups is 1. The van der Waals surface area contributed by atoms with Crippen molar-refractivity contribution in [2.45, 2.75) is 26.8 Å². The number of carbonyl (C=O) groups is 1. The molecule has 4 aromatic carbocycles. The average molecular weight is 582 g/mol. The number of fused-ring (bicyclic) bond motifs is 3. The van der Waals surface area contributed by atoms with Gasteiger partial charge in [0.2, 0.25) is 5.96 Å². The number of amides is 1. The lowest BCUT2D eigenvalue weighted by Crippen LogP contribution is -2.43. The molecule has 2 N–H and O–H groups in total. The molecule has 0 aliphatic carbocycles. The molecule has 0 fully saturated rings. The minimum absolute atomic E-state index is 0.113. The number of rotatable bonds is 1. The van der Waals surface area contributed by atoms with Gasteiger partial charge in [0, 0.05) is 42.0 Å². The van der Waals surface area contributed by atoms with E-state index in [0.29, 0.717) is 42.0 Å². The summed E-state index contributed by atoms with van der Waals surface area (Å²) in [4.78, 5) is 24.0. The summed E-state index contributed by atoms with van der Waals surface area (Å²) in [6, 6.07) is 27.8. The van der Waals surface area contributed by atoms with Crippen LogP contribution in [0.25, 0.3) is 10.8 Å². The second kappa shape index (κ2) is 13.1. The molecule has 3 aliphatic rings. The van der Waals surface area contributed by atoms with Crippen molar-refractivity contribution in [1.29, 1.82) is 0 Å². The number of hydrogen-bond donors (Lipinski definition) is 2. The first kappa shape index (κ1) is 29.1. The van der Waals surface area contributed by atoms with Gasteiger partial charge in [-0.15, -0.1) is 0 Å². The number of anilines is 2. The second-order valence-electron chi connectivity index (χ2n) is 11.2. The molecule has 4 bridgehead atoms. The van der Waals surface area contributed by atoms with Crippen molar-refractivity contribution in [3.05, 3.63) is 101 Å². The van der Waals surface area contributed by atoms with Crippen LogP contribution in [0.1, 0.15) is 36.2 Å². The summed E-state index contributed by atoms with van der Waals surface area (Å²) in [6.07, 6.45) is 0.792. The summed E-state index contributed by atoms with van der Waals surface area (Å²) < 4.78 is 6.10. The third-order valence-electron chi connectivity index (χ3n) is 7.24. The van der Waals surface area contributed by atoms with Crippen molar-refractivity contribution in [2.75, 3.05) is 36.5 Å². The second-order valence-corrected chi connectivity index (χ2v) is 11.6. The van der Waals surface area contributed by atoms with Crippen molar-refractivity contribution in [1.82, 2.24) is 5.32 Å². The maximum atomic E-state index is 13.1. The predicted octanol–water partition coefficient (Wildman–Crippen LogP) is 7.21. The van der Waals surface area contributed by atoms with Crippen LogP contribution in [0.3, 0.4) is 0 Å². The Morgan fingerprint density at radius 2 is 1.81 bits per heavy atom. The first-order chi connectivity index (χ1) is 20.3. The zero-order valence-electron chi connectivity index (χ0n) is 24.1. The molecule has 0 spiro atoms. The first-order valence-electron chi connectivity index (χ1n) is 14.1. The minimum atomic E-state index is -0.216. The fraction of sp³-hybridized carbons (Fsp3) is 0.265. The van der Waals surface area contributed by atoms with Gasteiger partial charge in [0.05, 0.1) is 18.2 Å². The van der Waals surface area contributed by atoms with Crippen molar-refractivity contribution >= 4 is 52.3 Å². The van der Waals surface area contributed by atoms with E-state index in [9.17, 15) is 4.79 Å². The maximum absolute atomic E-state index is 13.1. The van der Waals surface area contributed by atoms with Gasteiger partial charge in [-0.25, -0.2) is 9.98 Å². The zero-order chi connectivity index (χ0) is 29.5. The van der Waals surface area contributed by atoms with Crippen molar-refractivity contribution in [2.24, 2.45) is 15.4 Å². The Morgan fingerprint density at radius 1 is 1.02 bits per heavy atom. The summed E-state index contributed by atoms with van der Waals surface area (Å²) in [7, 11) is 0. The Labute approximate surface area is 252 Å². The lowest BCUT2D eigenvalue weighted by atomic mass is 9.91. The maximum Gasteiger partial charge on any atom is 0.251 e. The molecular weight excluding hydrogens is 546 g/mol. The number of hydrogen-bond acceptors (Lipinski definition) is 6. The Kier molecular flexibility index (Phi) is 9.08. The monoisotopic (exact) mass is 581 g/mol. The first-order valence-corrected chi connectivity index (χ1v) is 14.5. The fourth-order valence-corrected chi connectivity index (χ4v) is 5.35. The summed E-state index contributed by atoms with van der Waals surface area (Å²) >= 11 is 6.58. The molecule has 0 saturated carbocycles. The lowest BCUT2D eigenvalue weighted by molar-refractivity contribution is 0.0937. The third kappa shape index (κ3) is 7.28. The largest absolute Gasteiger partial charge is 0.492 e. The van der Waals surface area contributed by atoms with Gasteiger partial charge in [-0.1, -0.05) is 67.9 Å². The molecule has 216 valence electrons. The summed E-state index contributed by atoms with van der Waals surface area (Å²) in [6.45, 7) is 10.9. The molecule has 7 nitrogen and oxygen atoms in total. The van der Waals surface area contributed by atoms with E-state index >= 15 is 0 Å². The lowest BCUT2D eigenvalue weighted by Gasteiger charge is -2.35. The summed E-state index contributed by atoms with van der Waals surface area (Å²) in [5, 5.41) is 9.23. The van der Waals surface area contributed by atoms with Crippen LogP contribution >= 0.6 is 11.6 Å². The predicted molar refractivity (Wildman–Crippen MR) is 175 cm³/mol. The molecule has 3 heterocycles. The SMILES string of the molecule is C=NC1=NCc2ccc(c(Cl)c2)OCCCN(c2cccc3ccccc23)CC(C)(C)CNC(=O)c2ccc(cc2)N1.